The largest absolute Gasteiger partial charge is 0.428 e. The van der Waals surface area contributed by atoms with Gasteiger partial charge in [0.25, 0.3) is 12.4 Å². The van der Waals surface area contributed by atoms with Crippen LogP contribution >= 0.6 is 23.2 Å². The fourth-order valence-electron chi connectivity index (χ4n) is 2.70. The van der Waals surface area contributed by atoms with Gasteiger partial charge in [-0.25, -0.2) is 4.39 Å². The quantitative estimate of drug-likeness (QED) is 0.526. The molecular weight excluding hydrogens is 404 g/mol. The standard InChI is InChI=1S/C21H14Cl2FNO3/c1-12-6-7-16(22)15(8-12)13-9-17(23)20(18(24)10-13)25-21(27)14-4-2-3-5-19(14)28-11-26/h2-11H,1H3,(H,25,27). The fourth-order valence-corrected chi connectivity index (χ4v) is 3.18. The lowest BCUT2D eigenvalue weighted by atomic mass is 10.0. The lowest BCUT2D eigenvalue weighted by Crippen LogP contribution is -2.15. The van der Waals surface area contributed by atoms with Crippen molar-refractivity contribution in [2.45, 2.75) is 6.92 Å². The summed E-state index contributed by atoms with van der Waals surface area (Å²) in [4.78, 5) is 23.1. The van der Waals surface area contributed by atoms with Crippen LogP contribution in [0.5, 0.6) is 5.75 Å². The van der Waals surface area contributed by atoms with Crippen LogP contribution < -0.4 is 10.1 Å². The molecule has 0 aliphatic heterocycles. The maximum absolute atomic E-state index is 14.7. The van der Waals surface area contributed by atoms with Crippen LogP contribution in [0.4, 0.5) is 10.1 Å². The van der Waals surface area contributed by atoms with Gasteiger partial charge in [-0.2, -0.15) is 0 Å². The van der Waals surface area contributed by atoms with E-state index in [9.17, 15) is 14.0 Å². The van der Waals surface area contributed by atoms with E-state index in [1.807, 2.05) is 19.1 Å². The molecule has 0 aliphatic carbocycles. The van der Waals surface area contributed by atoms with Crippen LogP contribution in [-0.2, 0) is 4.79 Å². The number of rotatable bonds is 5. The van der Waals surface area contributed by atoms with E-state index in [1.54, 1.807) is 18.2 Å². The summed E-state index contributed by atoms with van der Waals surface area (Å²) in [5, 5.41) is 2.89. The van der Waals surface area contributed by atoms with Gasteiger partial charge < -0.3 is 10.1 Å². The molecule has 3 aromatic carbocycles. The number of carbonyl (C=O) groups is 2. The van der Waals surface area contributed by atoms with E-state index < -0.39 is 11.7 Å². The Bertz CT molecular complexity index is 1050. The van der Waals surface area contributed by atoms with Crippen LogP contribution in [0.2, 0.25) is 10.0 Å². The minimum atomic E-state index is -0.720. The number of para-hydroxylation sites is 1. The van der Waals surface area contributed by atoms with Gasteiger partial charge in [-0.1, -0.05) is 47.0 Å². The Balaban J connectivity index is 1.95. The van der Waals surface area contributed by atoms with E-state index >= 15 is 0 Å². The second-order valence-corrected chi connectivity index (χ2v) is 6.78. The summed E-state index contributed by atoms with van der Waals surface area (Å²) in [6, 6.07) is 14.2. The van der Waals surface area contributed by atoms with Crippen LogP contribution in [-0.4, -0.2) is 12.4 Å². The van der Waals surface area contributed by atoms with E-state index in [2.05, 4.69) is 5.32 Å². The molecule has 0 unspecified atom stereocenters. The van der Waals surface area contributed by atoms with Crippen molar-refractivity contribution in [2.24, 2.45) is 0 Å². The van der Waals surface area contributed by atoms with Crippen LogP contribution in [0.3, 0.4) is 0 Å². The summed E-state index contributed by atoms with van der Waals surface area (Å²) in [5.74, 6) is -1.34. The van der Waals surface area contributed by atoms with E-state index in [0.717, 1.165) is 5.56 Å². The predicted molar refractivity (Wildman–Crippen MR) is 108 cm³/mol. The van der Waals surface area contributed by atoms with Crippen molar-refractivity contribution in [1.29, 1.82) is 0 Å². The summed E-state index contributed by atoms with van der Waals surface area (Å²) in [6.07, 6.45) is 0. The molecule has 1 amide bonds. The third kappa shape index (κ3) is 4.16. The van der Waals surface area contributed by atoms with E-state index in [-0.39, 0.29) is 28.5 Å². The highest BCUT2D eigenvalue weighted by molar-refractivity contribution is 6.35. The monoisotopic (exact) mass is 417 g/mol. The maximum atomic E-state index is 14.7. The zero-order valence-electron chi connectivity index (χ0n) is 14.6. The number of anilines is 1. The minimum absolute atomic E-state index is 0.00899. The lowest BCUT2D eigenvalue weighted by molar-refractivity contribution is -0.120. The predicted octanol–water partition coefficient (Wildman–Crippen LogP) is 5.90. The fraction of sp³-hybridized carbons (Fsp3) is 0.0476. The van der Waals surface area contributed by atoms with Gasteiger partial charge in [-0.3, -0.25) is 9.59 Å². The van der Waals surface area contributed by atoms with Crippen molar-refractivity contribution in [1.82, 2.24) is 0 Å². The molecule has 0 radical (unpaired) electrons. The number of hydrogen-bond acceptors (Lipinski definition) is 3. The Morgan fingerprint density at radius 3 is 2.54 bits per heavy atom. The average molecular weight is 418 g/mol. The van der Waals surface area contributed by atoms with Crippen molar-refractivity contribution in [3.63, 3.8) is 0 Å². The lowest BCUT2D eigenvalue weighted by Gasteiger charge is -2.13. The molecule has 0 aromatic heterocycles. The molecule has 7 heteroatoms. The Labute approximate surface area is 170 Å². The number of aryl methyl sites for hydroxylation is 1. The van der Waals surface area contributed by atoms with Crippen molar-refractivity contribution >= 4 is 41.3 Å². The first-order chi connectivity index (χ1) is 13.4. The molecule has 1 N–H and O–H groups in total. The molecule has 28 heavy (non-hydrogen) atoms. The molecule has 3 aromatic rings. The highest BCUT2D eigenvalue weighted by Crippen LogP contribution is 2.35. The van der Waals surface area contributed by atoms with Crippen molar-refractivity contribution in [3.8, 4) is 16.9 Å². The van der Waals surface area contributed by atoms with Crippen molar-refractivity contribution < 1.29 is 18.7 Å². The summed E-state index contributed by atoms with van der Waals surface area (Å²) in [6.45, 7) is 2.10. The Morgan fingerprint density at radius 1 is 1.07 bits per heavy atom. The van der Waals surface area contributed by atoms with Crippen molar-refractivity contribution in [2.75, 3.05) is 5.32 Å². The SMILES string of the molecule is Cc1ccc(Cl)c(-c2cc(F)c(NC(=O)c3ccccc3OC=O)c(Cl)c2)c1. The van der Waals surface area contributed by atoms with Crippen LogP contribution in [0, 0.1) is 12.7 Å². The Hall–Kier alpha value is -2.89. The van der Waals surface area contributed by atoms with Gasteiger partial charge in [-0.05, 0) is 48.9 Å². The number of halogens is 3. The minimum Gasteiger partial charge on any atom is -0.428 e. The highest BCUT2D eigenvalue weighted by Gasteiger charge is 2.18. The molecule has 0 spiro atoms. The number of ether oxygens (including phenoxy) is 1. The molecule has 0 aliphatic rings. The third-order valence-electron chi connectivity index (χ3n) is 4.02. The molecule has 4 nitrogen and oxygen atoms in total. The Morgan fingerprint density at radius 2 is 1.82 bits per heavy atom. The van der Waals surface area contributed by atoms with Gasteiger partial charge in [0.2, 0.25) is 0 Å². The third-order valence-corrected chi connectivity index (χ3v) is 4.65. The normalized spacial score (nSPS) is 10.4. The highest BCUT2D eigenvalue weighted by atomic mass is 35.5. The van der Waals surface area contributed by atoms with Crippen molar-refractivity contribution in [3.05, 3.63) is 81.6 Å². The Kier molecular flexibility index (Phi) is 5.97. The summed E-state index contributed by atoms with van der Waals surface area (Å²) >= 11 is 12.4. The number of hydrogen-bond donors (Lipinski definition) is 1. The summed E-state index contributed by atoms with van der Waals surface area (Å²) < 4.78 is 19.5. The maximum Gasteiger partial charge on any atom is 0.298 e. The topological polar surface area (TPSA) is 55.4 Å². The molecular formula is C21H14Cl2FNO3. The molecule has 3 rings (SSSR count). The van der Waals surface area contributed by atoms with Gasteiger partial charge in [0.15, 0.2) is 0 Å². The van der Waals surface area contributed by atoms with E-state index in [0.29, 0.717) is 16.1 Å². The summed E-state index contributed by atoms with van der Waals surface area (Å²) in [7, 11) is 0. The van der Waals surface area contributed by atoms with E-state index in [4.69, 9.17) is 27.9 Å². The molecule has 0 atom stereocenters. The van der Waals surface area contributed by atoms with Gasteiger partial charge in [0, 0.05) is 10.6 Å². The number of benzene rings is 3. The molecule has 0 saturated carbocycles. The molecule has 142 valence electrons. The number of amides is 1. The zero-order chi connectivity index (χ0) is 20.3. The first kappa shape index (κ1) is 19.9. The van der Waals surface area contributed by atoms with Crippen LogP contribution in [0.25, 0.3) is 11.1 Å². The number of nitrogens with one attached hydrogen (secondary N) is 1. The number of carbonyl (C=O) groups excluding carboxylic acids is 2. The second-order valence-electron chi connectivity index (χ2n) is 5.96. The molecule has 0 fully saturated rings. The average Bonchev–Trinajstić information content (AvgIpc) is 2.67. The van der Waals surface area contributed by atoms with Crippen LogP contribution in [0.1, 0.15) is 15.9 Å². The molecule has 0 heterocycles. The zero-order valence-corrected chi connectivity index (χ0v) is 16.1. The van der Waals surface area contributed by atoms with E-state index in [1.165, 1.54) is 24.3 Å². The van der Waals surface area contributed by atoms with Gasteiger partial charge in [-0.15, -0.1) is 0 Å². The molecule has 0 saturated heterocycles. The second kappa shape index (κ2) is 8.42. The smallest absolute Gasteiger partial charge is 0.298 e. The van der Waals surface area contributed by atoms with Crippen LogP contribution in [0.15, 0.2) is 54.6 Å². The summed E-state index contributed by atoms with van der Waals surface area (Å²) in [5.41, 5.74) is 1.96. The van der Waals surface area contributed by atoms with Gasteiger partial charge >= 0.3 is 0 Å². The first-order valence-corrected chi connectivity index (χ1v) is 8.92. The molecule has 0 bridgehead atoms. The van der Waals surface area contributed by atoms with Gasteiger partial charge in [0.05, 0.1) is 16.3 Å². The first-order valence-electron chi connectivity index (χ1n) is 8.17. The van der Waals surface area contributed by atoms with Gasteiger partial charge in [0.1, 0.15) is 11.6 Å².